The molecule has 0 fully saturated rings. The quantitative estimate of drug-likeness (QED) is 0.746. The molecule has 0 bridgehead atoms. The van der Waals surface area contributed by atoms with Gasteiger partial charge in [0.15, 0.2) is 0 Å². The summed E-state index contributed by atoms with van der Waals surface area (Å²) in [4.78, 5) is 0. The molecule has 1 unspecified atom stereocenters. The van der Waals surface area contributed by atoms with Gasteiger partial charge in [-0.15, -0.1) is 0 Å². The molecule has 0 aliphatic rings. The van der Waals surface area contributed by atoms with E-state index in [-0.39, 0.29) is 5.92 Å². The molecule has 0 saturated heterocycles. The maximum atomic E-state index is 12.4. The normalized spacial score (nSPS) is 12.6. The summed E-state index contributed by atoms with van der Waals surface area (Å²) in [6.45, 7) is 5.62. The van der Waals surface area contributed by atoms with Crippen LogP contribution in [-0.2, 0) is 0 Å². The first-order valence-corrected chi connectivity index (χ1v) is 4.88. The van der Waals surface area contributed by atoms with Gasteiger partial charge in [0.1, 0.15) is 5.75 Å². The highest BCUT2D eigenvalue weighted by atomic mass is 35.5. The monoisotopic (exact) mass is 215 g/mol. The topological polar surface area (TPSA) is 9.23 Å². The fourth-order valence-electron chi connectivity index (χ4n) is 1.13. The van der Waals surface area contributed by atoms with E-state index in [2.05, 4.69) is 6.92 Å². The molecule has 0 spiro atoms. The number of rotatable bonds is 4. The van der Waals surface area contributed by atoms with Crippen LogP contribution in [0.4, 0.5) is 4.39 Å². The van der Waals surface area contributed by atoms with Crippen molar-refractivity contribution in [1.82, 2.24) is 0 Å². The highest BCUT2D eigenvalue weighted by molar-refractivity contribution is 6.32. The lowest BCUT2D eigenvalue weighted by Crippen LogP contribution is -1.98. The minimum atomic E-state index is -0.479. The first-order valence-electron chi connectivity index (χ1n) is 4.50. The molecule has 0 amide bonds. The van der Waals surface area contributed by atoms with Gasteiger partial charge in [-0.2, -0.15) is 0 Å². The number of halogens is 2. The Morgan fingerprint density at radius 2 is 2.29 bits per heavy atom. The molecule has 0 N–H and O–H groups in total. The van der Waals surface area contributed by atoms with E-state index in [4.69, 9.17) is 16.3 Å². The number of alkyl halides is 1. The average Bonchev–Trinajstić information content (AvgIpc) is 2.20. The van der Waals surface area contributed by atoms with E-state index in [0.29, 0.717) is 17.4 Å². The van der Waals surface area contributed by atoms with Crippen LogP contribution >= 0.6 is 11.6 Å². The molecule has 1 nitrogen and oxygen atoms in total. The fraction of sp³-hybridized carbons (Fsp3) is 0.364. The molecule has 0 aliphatic carbocycles. The van der Waals surface area contributed by atoms with E-state index in [0.717, 1.165) is 5.56 Å². The fourth-order valence-corrected chi connectivity index (χ4v) is 1.30. The van der Waals surface area contributed by atoms with E-state index in [1.807, 2.05) is 6.92 Å². The Morgan fingerprint density at radius 3 is 2.86 bits per heavy atom. The van der Waals surface area contributed by atoms with Gasteiger partial charge in [-0.3, -0.25) is 4.39 Å². The second-order valence-electron chi connectivity index (χ2n) is 2.97. The van der Waals surface area contributed by atoms with Crippen LogP contribution in [0, 0.1) is 6.92 Å². The van der Waals surface area contributed by atoms with Crippen LogP contribution in [0.3, 0.4) is 0 Å². The van der Waals surface area contributed by atoms with Crippen LogP contribution < -0.4 is 4.74 Å². The molecular formula is C11H13ClFO. The van der Waals surface area contributed by atoms with Crippen molar-refractivity contribution in [2.75, 3.05) is 13.3 Å². The second kappa shape index (κ2) is 5.20. The Kier molecular flexibility index (Phi) is 4.21. The molecule has 3 heteroatoms. The zero-order chi connectivity index (χ0) is 10.6. The maximum Gasteiger partial charge on any atom is 0.138 e. The summed E-state index contributed by atoms with van der Waals surface area (Å²) >= 11 is 5.88. The highest BCUT2D eigenvalue weighted by Crippen LogP contribution is 2.28. The van der Waals surface area contributed by atoms with E-state index >= 15 is 0 Å². The summed E-state index contributed by atoms with van der Waals surface area (Å²) in [5.74, 6) is 0.236. The molecule has 77 valence electrons. The Morgan fingerprint density at radius 1 is 1.57 bits per heavy atom. The summed E-state index contributed by atoms with van der Waals surface area (Å²) in [6, 6.07) is 5.21. The third-order valence-corrected chi connectivity index (χ3v) is 2.23. The molecular weight excluding hydrogens is 203 g/mol. The zero-order valence-corrected chi connectivity index (χ0v) is 8.85. The summed E-state index contributed by atoms with van der Waals surface area (Å²) in [5.41, 5.74) is 0.806. The van der Waals surface area contributed by atoms with Gasteiger partial charge in [-0.1, -0.05) is 17.7 Å². The Balaban J connectivity index is 2.93. The highest BCUT2D eigenvalue weighted by Gasteiger charge is 2.08. The van der Waals surface area contributed by atoms with Crippen molar-refractivity contribution in [3.63, 3.8) is 0 Å². The Bertz CT molecular complexity index is 301. The van der Waals surface area contributed by atoms with Crippen molar-refractivity contribution in [3.8, 4) is 5.75 Å². The van der Waals surface area contributed by atoms with Gasteiger partial charge < -0.3 is 4.74 Å². The third-order valence-electron chi connectivity index (χ3n) is 1.91. The van der Waals surface area contributed by atoms with Gasteiger partial charge in [-0.05, 0) is 31.5 Å². The molecule has 1 aromatic rings. The summed E-state index contributed by atoms with van der Waals surface area (Å²) in [5, 5.41) is 0.543. The molecule has 1 aromatic carbocycles. The predicted molar refractivity (Wildman–Crippen MR) is 56.7 cm³/mol. The van der Waals surface area contributed by atoms with E-state index < -0.39 is 6.67 Å². The van der Waals surface area contributed by atoms with Gasteiger partial charge in [0.05, 0.1) is 18.3 Å². The maximum absolute atomic E-state index is 12.4. The van der Waals surface area contributed by atoms with Crippen molar-refractivity contribution in [1.29, 1.82) is 0 Å². The zero-order valence-electron chi connectivity index (χ0n) is 8.09. The average molecular weight is 216 g/mol. The van der Waals surface area contributed by atoms with Gasteiger partial charge >= 0.3 is 0 Å². The molecule has 0 heterocycles. The van der Waals surface area contributed by atoms with Crippen LogP contribution in [-0.4, -0.2) is 13.3 Å². The minimum Gasteiger partial charge on any atom is -0.492 e. The largest absolute Gasteiger partial charge is 0.492 e. The second-order valence-corrected chi connectivity index (χ2v) is 3.38. The standard InChI is InChI=1S/C11H13ClFO/c1-3-14-11-6-9(8(2)7-13)4-5-10(11)12/h4-6,8H,2-3,7H2,1H3. The SMILES string of the molecule is [CH2]C(CF)c1ccc(Cl)c(OCC)c1. The summed E-state index contributed by atoms with van der Waals surface area (Å²) in [7, 11) is 0. The van der Waals surface area contributed by atoms with Crippen LogP contribution in [0.2, 0.25) is 5.02 Å². The Labute approximate surface area is 88.8 Å². The van der Waals surface area contributed by atoms with Crippen LogP contribution in [0.15, 0.2) is 18.2 Å². The van der Waals surface area contributed by atoms with E-state index in [1.54, 1.807) is 18.2 Å². The number of ether oxygens (including phenoxy) is 1. The number of hydrogen-bond acceptors (Lipinski definition) is 1. The molecule has 0 aromatic heterocycles. The lowest BCUT2D eigenvalue weighted by Gasteiger charge is -2.11. The summed E-state index contributed by atoms with van der Waals surface area (Å²) in [6.07, 6.45) is 0. The molecule has 0 saturated carbocycles. The van der Waals surface area contributed by atoms with Gasteiger partial charge in [0.25, 0.3) is 0 Å². The molecule has 0 aliphatic heterocycles. The van der Waals surface area contributed by atoms with Gasteiger partial charge in [0.2, 0.25) is 0 Å². The van der Waals surface area contributed by atoms with Crippen LogP contribution in [0.1, 0.15) is 18.4 Å². The van der Waals surface area contributed by atoms with E-state index in [1.165, 1.54) is 0 Å². The predicted octanol–water partition coefficient (Wildman–Crippen LogP) is 3.63. The number of hydrogen-bond donors (Lipinski definition) is 0. The van der Waals surface area contributed by atoms with Gasteiger partial charge in [0, 0.05) is 5.92 Å². The van der Waals surface area contributed by atoms with Crippen LogP contribution in [0.5, 0.6) is 5.75 Å². The molecule has 14 heavy (non-hydrogen) atoms. The van der Waals surface area contributed by atoms with E-state index in [9.17, 15) is 4.39 Å². The first-order chi connectivity index (χ1) is 6.69. The van der Waals surface area contributed by atoms with Crippen molar-refractivity contribution in [2.45, 2.75) is 12.8 Å². The van der Waals surface area contributed by atoms with Gasteiger partial charge in [-0.25, -0.2) is 0 Å². The number of benzene rings is 1. The Hall–Kier alpha value is -0.760. The van der Waals surface area contributed by atoms with Crippen molar-refractivity contribution < 1.29 is 9.13 Å². The molecule has 1 atom stereocenters. The third kappa shape index (κ3) is 2.61. The molecule has 1 radical (unpaired) electrons. The summed E-state index contributed by atoms with van der Waals surface area (Å²) < 4.78 is 17.6. The smallest absolute Gasteiger partial charge is 0.138 e. The van der Waals surface area contributed by atoms with Crippen molar-refractivity contribution in [3.05, 3.63) is 35.7 Å². The van der Waals surface area contributed by atoms with Crippen molar-refractivity contribution in [2.24, 2.45) is 0 Å². The minimum absolute atomic E-state index is 0.355. The van der Waals surface area contributed by atoms with Crippen molar-refractivity contribution >= 4 is 11.6 Å². The lowest BCUT2D eigenvalue weighted by molar-refractivity contribution is 0.339. The lowest BCUT2D eigenvalue weighted by atomic mass is 10.0. The molecule has 1 rings (SSSR count). The van der Waals surface area contributed by atoms with Crippen LogP contribution in [0.25, 0.3) is 0 Å². The first kappa shape index (κ1) is 11.3.